The van der Waals surface area contributed by atoms with Crippen LogP contribution >= 0.6 is 0 Å². The third-order valence-electron chi connectivity index (χ3n) is 4.54. The lowest BCUT2D eigenvalue weighted by atomic mass is 10.0. The van der Waals surface area contributed by atoms with E-state index in [2.05, 4.69) is 10.3 Å². The van der Waals surface area contributed by atoms with Gasteiger partial charge in [-0.25, -0.2) is 4.79 Å². The second-order valence-electron chi connectivity index (χ2n) is 6.41. The Hall–Kier alpha value is -3.19. The molecule has 3 aromatic rings. The SMILES string of the molecule is NCCCCC(NC(=O)c1ccc2c(c1)[nH]c(=O)c1ccccc12)C(=O)O. The largest absolute Gasteiger partial charge is 0.480 e. The van der Waals surface area contributed by atoms with Crippen LogP contribution in [0.2, 0.25) is 0 Å². The minimum Gasteiger partial charge on any atom is -0.480 e. The fourth-order valence-electron chi connectivity index (χ4n) is 3.12. The third kappa shape index (κ3) is 3.98. The van der Waals surface area contributed by atoms with Crippen molar-refractivity contribution in [3.8, 4) is 0 Å². The van der Waals surface area contributed by atoms with Gasteiger partial charge in [0.25, 0.3) is 11.5 Å². The molecule has 1 amide bonds. The van der Waals surface area contributed by atoms with Gasteiger partial charge in [-0.3, -0.25) is 9.59 Å². The van der Waals surface area contributed by atoms with E-state index < -0.39 is 17.9 Å². The summed E-state index contributed by atoms with van der Waals surface area (Å²) in [5.74, 6) is -1.58. The zero-order valence-electron chi connectivity index (χ0n) is 14.7. The molecule has 5 N–H and O–H groups in total. The van der Waals surface area contributed by atoms with Crippen molar-refractivity contribution < 1.29 is 14.7 Å². The van der Waals surface area contributed by atoms with Crippen molar-refractivity contribution in [3.63, 3.8) is 0 Å². The van der Waals surface area contributed by atoms with E-state index in [9.17, 15) is 19.5 Å². The van der Waals surface area contributed by atoms with Crippen molar-refractivity contribution in [1.29, 1.82) is 0 Å². The van der Waals surface area contributed by atoms with Crippen LogP contribution in [-0.2, 0) is 4.79 Å². The highest BCUT2D eigenvalue weighted by Gasteiger charge is 2.20. The van der Waals surface area contributed by atoms with Gasteiger partial charge in [-0.1, -0.05) is 24.3 Å². The average molecular weight is 367 g/mol. The maximum absolute atomic E-state index is 12.5. The van der Waals surface area contributed by atoms with Crippen LogP contribution in [-0.4, -0.2) is 34.6 Å². The highest BCUT2D eigenvalue weighted by molar-refractivity contribution is 6.07. The molecule has 0 aliphatic carbocycles. The number of nitrogens with two attached hydrogens (primary N) is 1. The third-order valence-corrected chi connectivity index (χ3v) is 4.54. The van der Waals surface area contributed by atoms with Gasteiger partial charge in [0, 0.05) is 21.9 Å². The predicted molar refractivity (Wildman–Crippen MR) is 104 cm³/mol. The number of H-pyrrole nitrogens is 1. The molecule has 2 aromatic carbocycles. The quantitative estimate of drug-likeness (QED) is 0.375. The molecule has 7 heteroatoms. The average Bonchev–Trinajstić information content (AvgIpc) is 2.67. The summed E-state index contributed by atoms with van der Waals surface area (Å²) < 4.78 is 0. The highest BCUT2D eigenvalue weighted by atomic mass is 16.4. The van der Waals surface area contributed by atoms with E-state index in [1.807, 2.05) is 12.1 Å². The van der Waals surface area contributed by atoms with E-state index >= 15 is 0 Å². The number of aromatic amines is 1. The van der Waals surface area contributed by atoms with Crippen molar-refractivity contribution in [3.05, 3.63) is 58.4 Å². The van der Waals surface area contributed by atoms with Crippen LogP contribution in [0, 0.1) is 0 Å². The molecular formula is C20H21N3O4. The Bertz CT molecular complexity index is 1060. The molecule has 0 aliphatic heterocycles. The van der Waals surface area contributed by atoms with Crippen molar-refractivity contribution in [2.75, 3.05) is 6.54 Å². The number of rotatable bonds is 7. The molecule has 1 aromatic heterocycles. The lowest BCUT2D eigenvalue weighted by Crippen LogP contribution is -2.40. The number of carbonyl (C=O) groups is 2. The molecule has 140 valence electrons. The molecule has 3 rings (SSSR count). The summed E-state index contributed by atoms with van der Waals surface area (Å²) in [5.41, 5.74) is 6.01. The summed E-state index contributed by atoms with van der Waals surface area (Å²) in [4.78, 5) is 38.9. The number of carboxylic acids is 1. The van der Waals surface area contributed by atoms with Crippen molar-refractivity contribution in [2.24, 2.45) is 5.73 Å². The zero-order valence-corrected chi connectivity index (χ0v) is 14.7. The first kappa shape index (κ1) is 18.6. The Kier molecular flexibility index (Phi) is 5.52. The van der Waals surface area contributed by atoms with E-state index in [0.717, 1.165) is 10.8 Å². The molecule has 0 radical (unpaired) electrons. The number of aromatic nitrogens is 1. The van der Waals surface area contributed by atoms with Crippen LogP contribution in [0.5, 0.6) is 0 Å². The first-order valence-electron chi connectivity index (χ1n) is 8.80. The molecule has 0 aliphatic rings. The smallest absolute Gasteiger partial charge is 0.326 e. The van der Waals surface area contributed by atoms with Gasteiger partial charge in [-0.15, -0.1) is 0 Å². The lowest BCUT2D eigenvalue weighted by molar-refractivity contribution is -0.139. The van der Waals surface area contributed by atoms with E-state index in [1.165, 1.54) is 0 Å². The van der Waals surface area contributed by atoms with Gasteiger partial charge in [-0.05, 0) is 49.4 Å². The van der Waals surface area contributed by atoms with E-state index in [4.69, 9.17) is 5.73 Å². The zero-order chi connectivity index (χ0) is 19.4. The fourth-order valence-corrected chi connectivity index (χ4v) is 3.12. The number of aliphatic carboxylic acids is 1. The predicted octanol–water partition coefficient (Wildman–Crippen LogP) is 1.99. The van der Waals surface area contributed by atoms with E-state index in [1.54, 1.807) is 30.3 Å². The van der Waals surface area contributed by atoms with Crippen LogP contribution in [0.15, 0.2) is 47.3 Å². The van der Waals surface area contributed by atoms with Crippen molar-refractivity contribution in [2.45, 2.75) is 25.3 Å². The van der Waals surface area contributed by atoms with Gasteiger partial charge in [0.15, 0.2) is 0 Å². The Morgan fingerprint density at radius 3 is 2.52 bits per heavy atom. The molecule has 0 bridgehead atoms. The number of carbonyl (C=O) groups excluding carboxylic acids is 1. The number of benzene rings is 2. The van der Waals surface area contributed by atoms with Crippen LogP contribution < -0.4 is 16.6 Å². The Morgan fingerprint density at radius 1 is 1.07 bits per heavy atom. The number of unbranched alkanes of at least 4 members (excludes halogenated alkanes) is 1. The fraction of sp³-hybridized carbons (Fsp3) is 0.250. The molecule has 1 heterocycles. The van der Waals surface area contributed by atoms with Gasteiger partial charge in [-0.2, -0.15) is 0 Å². The topological polar surface area (TPSA) is 125 Å². The highest BCUT2D eigenvalue weighted by Crippen LogP contribution is 2.22. The summed E-state index contributed by atoms with van der Waals surface area (Å²) in [7, 11) is 0. The molecule has 1 atom stereocenters. The summed E-state index contributed by atoms with van der Waals surface area (Å²) in [6.45, 7) is 0.478. The monoisotopic (exact) mass is 367 g/mol. The van der Waals surface area contributed by atoms with Crippen LogP contribution in [0.3, 0.4) is 0 Å². The van der Waals surface area contributed by atoms with Gasteiger partial charge in [0.05, 0.1) is 0 Å². The summed E-state index contributed by atoms with van der Waals surface area (Å²) in [6, 6.07) is 11.2. The van der Waals surface area contributed by atoms with Crippen LogP contribution in [0.4, 0.5) is 0 Å². The maximum Gasteiger partial charge on any atom is 0.326 e. The Morgan fingerprint density at radius 2 is 1.81 bits per heavy atom. The molecule has 7 nitrogen and oxygen atoms in total. The second kappa shape index (κ2) is 8.01. The number of pyridine rings is 1. The maximum atomic E-state index is 12.5. The minimum atomic E-state index is -1.08. The Balaban J connectivity index is 1.90. The molecule has 1 unspecified atom stereocenters. The van der Waals surface area contributed by atoms with Gasteiger partial charge in [0.2, 0.25) is 0 Å². The van der Waals surface area contributed by atoms with Crippen molar-refractivity contribution >= 4 is 33.6 Å². The molecule has 0 saturated carbocycles. The number of nitrogens with one attached hydrogen (secondary N) is 2. The summed E-state index contributed by atoms with van der Waals surface area (Å²) in [5, 5.41) is 14.0. The molecular weight excluding hydrogens is 346 g/mol. The minimum absolute atomic E-state index is 0.235. The molecule has 0 spiro atoms. The molecule has 0 saturated heterocycles. The summed E-state index contributed by atoms with van der Waals surface area (Å²) >= 11 is 0. The van der Waals surface area contributed by atoms with Crippen molar-refractivity contribution in [1.82, 2.24) is 10.3 Å². The lowest BCUT2D eigenvalue weighted by Gasteiger charge is -2.14. The van der Waals surface area contributed by atoms with Crippen LogP contribution in [0.1, 0.15) is 29.6 Å². The standard InChI is InChI=1S/C20H21N3O4/c21-10-4-3-7-16(20(26)27)22-18(24)12-8-9-14-13-5-1-2-6-15(13)19(25)23-17(14)11-12/h1-2,5-6,8-9,11,16H,3-4,7,10,21H2,(H,22,24)(H,23,25)(H,26,27). The Labute approximate surface area is 155 Å². The normalized spacial score (nSPS) is 12.2. The van der Waals surface area contributed by atoms with Gasteiger partial charge >= 0.3 is 5.97 Å². The van der Waals surface area contributed by atoms with E-state index in [-0.39, 0.29) is 5.56 Å². The molecule has 0 fully saturated rings. The van der Waals surface area contributed by atoms with Gasteiger partial charge < -0.3 is 21.1 Å². The first-order valence-corrected chi connectivity index (χ1v) is 8.80. The number of fused-ring (bicyclic) bond motifs is 3. The first-order chi connectivity index (χ1) is 13.0. The number of hydrogen-bond donors (Lipinski definition) is 4. The number of amides is 1. The number of carboxylic acid groups (broad SMARTS) is 1. The van der Waals surface area contributed by atoms with Gasteiger partial charge in [0.1, 0.15) is 6.04 Å². The van der Waals surface area contributed by atoms with Crippen LogP contribution in [0.25, 0.3) is 21.7 Å². The van der Waals surface area contributed by atoms with E-state index in [0.29, 0.717) is 42.3 Å². The number of hydrogen-bond acceptors (Lipinski definition) is 4. The molecule has 27 heavy (non-hydrogen) atoms. The summed E-state index contributed by atoms with van der Waals surface area (Å²) in [6.07, 6.45) is 1.63. The second-order valence-corrected chi connectivity index (χ2v) is 6.41.